The monoisotopic (exact) mass is 351 g/mol. The summed E-state index contributed by atoms with van der Waals surface area (Å²) in [5, 5.41) is 3.03. The van der Waals surface area contributed by atoms with Gasteiger partial charge in [0.15, 0.2) is 0 Å². The van der Waals surface area contributed by atoms with Gasteiger partial charge in [-0.1, -0.05) is 42.0 Å². The lowest BCUT2D eigenvalue weighted by Gasteiger charge is -2.35. The quantitative estimate of drug-likeness (QED) is 0.792. The van der Waals surface area contributed by atoms with Crippen LogP contribution in [0.5, 0.6) is 5.75 Å². The summed E-state index contributed by atoms with van der Waals surface area (Å²) in [6.07, 6.45) is 0.520. The number of aryl methyl sites for hydroxylation is 1. The normalized spacial score (nSPS) is 27.7. The van der Waals surface area contributed by atoms with E-state index in [0.717, 1.165) is 11.3 Å². The minimum atomic E-state index is -0.00602. The SMILES string of the molecule is Cc1cccc(COc2ccc(C3CC(=O)NC4NNC(C)C43)cc2)c1. The molecule has 2 aromatic carbocycles. The van der Waals surface area contributed by atoms with Gasteiger partial charge in [0.1, 0.15) is 12.4 Å². The van der Waals surface area contributed by atoms with Gasteiger partial charge in [-0.3, -0.25) is 10.2 Å². The third kappa shape index (κ3) is 3.45. The van der Waals surface area contributed by atoms with Crippen LogP contribution >= 0.6 is 0 Å². The van der Waals surface area contributed by atoms with Crippen LogP contribution in [0.15, 0.2) is 48.5 Å². The number of nitrogens with one attached hydrogen (secondary N) is 3. The smallest absolute Gasteiger partial charge is 0.221 e. The van der Waals surface area contributed by atoms with Gasteiger partial charge < -0.3 is 10.1 Å². The van der Waals surface area contributed by atoms with Crippen LogP contribution in [-0.4, -0.2) is 18.1 Å². The van der Waals surface area contributed by atoms with Crippen LogP contribution in [0.2, 0.25) is 0 Å². The molecule has 4 rings (SSSR count). The van der Waals surface area contributed by atoms with Crippen molar-refractivity contribution in [2.45, 2.75) is 45.0 Å². The molecule has 4 unspecified atom stereocenters. The first kappa shape index (κ1) is 17.1. The van der Waals surface area contributed by atoms with E-state index in [0.29, 0.717) is 25.0 Å². The van der Waals surface area contributed by atoms with E-state index in [9.17, 15) is 4.79 Å². The Hall–Kier alpha value is -2.37. The summed E-state index contributed by atoms with van der Waals surface area (Å²) in [5.41, 5.74) is 10.0. The van der Waals surface area contributed by atoms with Gasteiger partial charge in [0.2, 0.25) is 5.91 Å². The number of amides is 1. The number of fused-ring (bicyclic) bond motifs is 1. The maximum Gasteiger partial charge on any atom is 0.221 e. The van der Waals surface area contributed by atoms with Crippen LogP contribution in [-0.2, 0) is 11.4 Å². The Morgan fingerprint density at radius 3 is 2.69 bits per heavy atom. The molecule has 5 nitrogen and oxygen atoms in total. The maximum absolute atomic E-state index is 12.0. The molecule has 2 fully saturated rings. The van der Waals surface area contributed by atoms with Gasteiger partial charge >= 0.3 is 0 Å². The summed E-state index contributed by atoms with van der Waals surface area (Å²) >= 11 is 0. The minimum Gasteiger partial charge on any atom is -0.489 e. The Morgan fingerprint density at radius 1 is 1.12 bits per heavy atom. The van der Waals surface area contributed by atoms with Crippen molar-refractivity contribution in [2.75, 3.05) is 0 Å². The predicted octanol–water partition coefficient (Wildman–Crippen LogP) is 2.62. The Labute approximate surface area is 154 Å². The van der Waals surface area contributed by atoms with E-state index in [1.165, 1.54) is 11.1 Å². The lowest BCUT2D eigenvalue weighted by atomic mass is 9.76. The van der Waals surface area contributed by atoms with Gasteiger partial charge in [-0.05, 0) is 37.1 Å². The second-order valence-electron chi connectivity index (χ2n) is 7.36. The third-order valence-electron chi connectivity index (χ3n) is 5.41. The van der Waals surface area contributed by atoms with Crippen LogP contribution in [0.3, 0.4) is 0 Å². The van der Waals surface area contributed by atoms with Gasteiger partial charge in [0.25, 0.3) is 0 Å². The molecule has 2 aliphatic heterocycles. The van der Waals surface area contributed by atoms with Crippen molar-refractivity contribution >= 4 is 5.91 Å². The van der Waals surface area contributed by atoms with Gasteiger partial charge in [-0.15, -0.1) is 0 Å². The highest BCUT2D eigenvalue weighted by Crippen LogP contribution is 2.37. The number of carbonyl (C=O) groups excluding carboxylic acids is 1. The van der Waals surface area contributed by atoms with E-state index in [4.69, 9.17) is 4.74 Å². The van der Waals surface area contributed by atoms with Crippen molar-refractivity contribution < 1.29 is 9.53 Å². The van der Waals surface area contributed by atoms with Crippen molar-refractivity contribution in [1.29, 1.82) is 0 Å². The Morgan fingerprint density at radius 2 is 1.92 bits per heavy atom. The fraction of sp³-hybridized carbons (Fsp3) is 0.381. The van der Waals surface area contributed by atoms with E-state index >= 15 is 0 Å². The molecule has 26 heavy (non-hydrogen) atoms. The second-order valence-corrected chi connectivity index (χ2v) is 7.36. The van der Waals surface area contributed by atoms with E-state index in [-0.39, 0.29) is 18.0 Å². The fourth-order valence-corrected chi connectivity index (χ4v) is 4.10. The van der Waals surface area contributed by atoms with Gasteiger partial charge in [-0.25, -0.2) is 5.43 Å². The number of ether oxygens (including phenoxy) is 1. The van der Waals surface area contributed by atoms with Crippen molar-refractivity contribution in [3.05, 3.63) is 65.2 Å². The van der Waals surface area contributed by atoms with Gasteiger partial charge in [0, 0.05) is 24.3 Å². The van der Waals surface area contributed by atoms with Crippen molar-refractivity contribution in [1.82, 2.24) is 16.2 Å². The Bertz CT molecular complexity index is 790. The van der Waals surface area contributed by atoms with Crippen LogP contribution in [0, 0.1) is 12.8 Å². The maximum atomic E-state index is 12.0. The van der Waals surface area contributed by atoms with Crippen LogP contribution in [0.25, 0.3) is 0 Å². The third-order valence-corrected chi connectivity index (χ3v) is 5.41. The minimum absolute atomic E-state index is 0.00602. The van der Waals surface area contributed by atoms with Crippen LogP contribution in [0.1, 0.15) is 36.0 Å². The number of carbonyl (C=O) groups is 1. The molecule has 0 aliphatic carbocycles. The summed E-state index contributed by atoms with van der Waals surface area (Å²) in [6.45, 7) is 4.80. The number of benzene rings is 2. The molecular weight excluding hydrogens is 326 g/mol. The number of hydrazine groups is 1. The molecule has 3 N–H and O–H groups in total. The summed E-state index contributed by atoms with van der Waals surface area (Å²) in [4.78, 5) is 12.0. The zero-order valence-electron chi connectivity index (χ0n) is 15.2. The number of piperidine rings is 1. The zero-order valence-corrected chi connectivity index (χ0v) is 15.2. The first-order chi connectivity index (χ1) is 12.6. The highest BCUT2D eigenvalue weighted by Gasteiger charge is 2.44. The molecule has 0 saturated carbocycles. The first-order valence-electron chi connectivity index (χ1n) is 9.19. The molecule has 2 saturated heterocycles. The second kappa shape index (κ2) is 7.09. The predicted molar refractivity (Wildman–Crippen MR) is 100 cm³/mol. The Balaban J connectivity index is 1.46. The average Bonchev–Trinajstić information content (AvgIpc) is 3.00. The number of rotatable bonds is 4. The molecule has 0 radical (unpaired) electrons. The molecule has 2 heterocycles. The number of hydrogen-bond donors (Lipinski definition) is 3. The van der Waals surface area contributed by atoms with Gasteiger partial charge in [-0.2, -0.15) is 0 Å². The van der Waals surface area contributed by atoms with E-state index < -0.39 is 0 Å². The lowest BCUT2D eigenvalue weighted by molar-refractivity contribution is -0.125. The highest BCUT2D eigenvalue weighted by atomic mass is 16.5. The molecule has 0 aromatic heterocycles. The standard InChI is InChI=1S/C21H25N3O2/c1-13-4-3-5-15(10-13)12-26-17-8-6-16(7-9-17)18-11-19(25)22-21-20(18)14(2)23-24-21/h3-10,14,18,20-21,23-24H,11-12H2,1-2H3,(H,22,25). The largest absolute Gasteiger partial charge is 0.489 e. The average molecular weight is 351 g/mol. The van der Waals surface area contributed by atoms with Crippen molar-refractivity contribution in [2.24, 2.45) is 5.92 Å². The van der Waals surface area contributed by atoms with Crippen LogP contribution in [0.4, 0.5) is 0 Å². The summed E-state index contributed by atoms with van der Waals surface area (Å²) in [6, 6.07) is 16.9. The molecule has 136 valence electrons. The summed E-state index contributed by atoms with van der Waals surface area (Å²) in [7, 11) is 0. The molecule has 1 amide bonds. The lowest BCUT2D eigenvalue weighted by Crippen LogP contribution is -2.52. The van der Waals surface area contributed by atoms with E-state index in [2.05, 4.69) is 60.3 Å². The Kier molecular flexibility index (Phi) is 4.66. The molecular formula is C21H25N3O2. The zero-order chi connectivity index (χ0) is 18.1. The highest BCUT2D eigenvalue weighted by molar-refractivity contribution is 5.78. The van der Waals surface area contributed by atoms with Crippen LogP contribution < -0.4 is 20.9 Å². The molecule has 0 bridgehead atoms. The van der Waals surface area contributed by atoms with Gasteiger partial charge in [0.05, 0.1) is 6.17 Å². The van der Waals surface area contributed by atoms with E-state index in [1.807, 2.05) is 18.2 Å². The van der Waals surface area contributed by atoms with Crippen molar-refractivity contribution in [3.63, 3.8) is 0 Å². The molecule has 2 aliphatic rings. The topological polar surface area (TPSA) is 62.4 Å². The molecule has 2 aromatic rings. The molecule has 4 atom stereocenters. The fourth-order valence-electron chi connectivity index (χ4n) is 4.10. The summed E-state index contributed by atoms with van der Waals surface area (Å²) in [5.74, 6) is 1.49. The van der Waals surface area contributed by atoms with Crippen molar-refractivity contribution in [3.8, 4) is 5.75 Å². The number of hydrogen-bond acceptors (Lipinski definition) is 4. The molecule has 5 heteroatoms. The van der Waals surface area contributed by atoms with E-state index in [1.54, 1.807) is 0 Å². The molecule has 0 spiro atoms. The summed E-state index contributed by atoms with van der Waals surface area (Å²) < 4.78 is 5.91. The first-order valence-corrected chi connectivity index (χ1v) is 9.19.